The predicted octanol–water partition coefficient (Wildman–Crippen LogP) is 4.22. The van der Waals surface area contributed by atoms with Gasteiger partial charge >= 0.3 is 0 Å². The second kappa shape index (κ2) is 7.63. The smallest absolute Gasteiger partial charge is 0.222 e. The first-order valence-corrected chi connectivity index (χ1v) is 8.89. The standard InChI is InChI=1S/C20H18ClN5O/c1-27-18-5-3-2-4-14(18)10-26-20-24-8-13(9-25-20)6-15-11-22-19-17(15)7-16(21)12-23-19/h2-5,7-9,11-12H,6,10H2,1H3,(H,22,23)(H,24,25,26). The van der Waals surface area contributed by atoms with Gasteiger partial charge in [-0.05, 0) is 23.3 Å². The maximum Gasteiger partial charge on any atom is 0.222 e. The summed E-state index contributed by atoms with van der Waals surface area (Å²) < 4.78 is 5.36. The lowest BCUT2D eigenvalue weighted by Gasteiger charge is -2.09. The number of hydrogen-bond donors (Lipinski definition) is 2. The summed E-state index contributed by atoms with van der Waals surface area (Å²) in [7, 11) is 1.66. The molecule has 3 aromatic heterocycles. The molecule has 0 spiro atoms. The van der Waals surface area contributed by atoms with Crippen molar-refractivity contribution >= 4 is 28.6 Å². The molecule has 0 unspecified atom stereocenters. The van der Waals surface area contributed by atoms with Gasteiger partial charge in [-0.25, -0.2) is 15.0 Å². The Morgan fingerprint density at radius 1 is 1.07 bits per heavy atom. The molecule has 3 heterocycles. The van der Waals surface area contributed by atoms with Crippen molar-refractivity contribution in [2.75, 3.05) is 12.4 Å². The largest absolute Gasteiger partial charge is 0.496 e. The monoisotopic (exact) mass is 379 g/mol. The Labute approximate surface area is 161 Å². The second-order valence-corrected chi connectivity index (χ2v) is 6.56. The van der Waals surface area contributed by atoms with E-state index in [1.807, 2.05) is 48.9 Å². The summed E-state index contributed by atoms with van der Waals surface area (Å²) in [6.07, 6.45) is 7.94. The van der Waals surface area contributed by atoms with Crippen molar-refractivity contribution in [2.45, 2.75) is 13.0 Å². The number of aromatic amines is 1. The lowest BCUT2D eigenvalue weighted by Crippen LogP contribution is -2.05. The fraction of sp³-hybridized carbons (Fsp3) is 0.150. The average molecular weight is 380 g/mol. The minimum atomic E-state index is 0.577. The molecule has 0 amide bonds. The van der Waals surface area contributed by atoms with Gasteiger partial charge in [-0.2, -0.15) is 0 Å². The number of hydrogen-bond acceptors (Lipinski definition) is 5. The molecule has 0 fully saturated rings. The maximum absolute atomic E-state index is 6.06. The maximum atomic E-state index is 6.06. The van der Waals surface area contributed by atoms with E-state index in [1.165, 1.54) is 0 Å². The first kappa shape index (κ1) is 17.3. The Bertz CT molecular complexity index is 1060. The van der Waals surface area contributed by atoms with Crippen molar-refractivity contribution in [1.82, 2.24) is 19.9 Å². The van der Waals surface area contributed by atoms with E-state index in [9.17, 15) is 0 Å². The van der Waals surface area contributed by atoms with Crippen LogP contribution in [0.15, 0.2) is 55.1 Å². The summed E-state index contributed by atoms with van der Waals surface area (Å²) in [5, 5.41) is 4.86. The predicted molar refractivity (Wildman–Crippen MR) is 106 cm³/mol. The molecule has 0 saturated heterocycles. The van der Waals surface area contributed by atoms with Crippen LogP contribution < -0.4 is 10.1 Å². The van der Waals surface area contributed by atoms with Crippen molar-refractivity contribution < 1.29 is 4.74 Å². The number of anilines is 1. The number of nitrogens with zero attached hydrogens (tertiary/aromatic N) is 3. The molecule has 4 rings (SSSR count). The Hall–Kier alpha value is -3.12. The fourth-order valence-electron chi connectivity index (χ4n) is 2.96. The molecule has 0 aliphatic heterocycles. The third kappa shape index (κ3) is 3.85. The lowest BCUT2D eigenvalue weighted by atomic mass is 10.1. The summed E-state index contributed by atoms with van der Waals surface area (Å²) in [5.74, 6) is 1.42. The summed E-state index contributed by atoms with van der Waals surface area (Å²) in [6, 6.07) is 9.78. The Kier molecular flexibility index (Phi) is 4.89. The van der Waals surface area contributed by atoms with E-state index in [1.54, 1.807) is 13.3 Å². The van der Waals surface area contributed by atoms with Crippen molar-refractivity contribution in [3.8, 4) is 5.75 Å². The molecule has 0 aliphatic carbocycles. The number of aromatic nitrogens is 4. The summed E-state index contributed by atoms with van der Waals surface area (Å²) >= 11 is 6.06. The van der Waals surface area contributed by atoms with Crippen LogP contribution in [0.3, 0.4) is 0 Å². The van der Waals surface area contributed by atoms with Crippen LogP contribution >= 0.6 is 11.6 Å². The average Bonchev–Trinajstić information content (AvgIpc) is 3.09. The molecule has 0 bridgehead atoms. The van der Waals surface area contributed by atoms with Crippen LogP contribution in [0.4, 0.5) is 5.95 Å². The molecule has 0 atom stereocenters. The molecule has 1 aromatic carbocycles. The number of fused-ring (bicyclic) bond motifs is 1. The Balaban J connectivity index is 1.45. The SMILES string of the molecule is COc1ccccc1CNc1ncc(Cc2c[nH]c3ncc(Cl)cc23)cn1. The molecule has 136 valence electrons. The van der Waals surface area contributed by atoms with Gasteiger partial charge in [0, 0.05) is 48.7 Å². The topological polar surface area (TPSA) is 75.7 Å². The third-order valence-corrected chi connectivity index (χ3v) is 4.52. The van der Waals surface area contributed by atoms with E-state index in [4.69, 9.17) is 16.3 Å². The van der Waals surface area contributed by atoms with Gasteiger partial charge in [0.05, 0.1) is 12.1 Å². The van der Waals surface area contributed by atoms with Crippen molar-refractivity contribution in [3.05, 3.63) is 76.8 Å². The first-order valence-electron chi connectivity index (χ1n) is 8.51. The summed E-state index contributed by atoms with van der Waals surface area (Å²) in [6.45, 7) is 0.593. The van der Waals surface area contributed by atoms with E-state index < -0.39 is 0 Å². The van der Waals surface area contributed by atoms with E-state index in [2.05, 4.69) is 25.3 Å². The van der Waals surface area contributed by atoms with Gasteiger partial charge in [0.15, 0.2) is 0 Å². The van der Waals surface area contributed by atoms with Crippen molar-refractivity contribution in [1.29, 1.82) is 0 Å². The molecular weight excluding hydrogens is 362 g/mol. The number of nitrogens with one attached hydrogen (secondary N) is 2. The van der Waals surface area contributed by atoms with Crippen molar-refractivity contribution in [3.63, 3.8) is 0 Å². The van der Waals surface area contributed by atoms with Crippen LogP contribution in [0.1, 0.15) is 16.7 Å². The van der Waals surface area contributed by atoms with Gasteiger partial charge in [0.2, 0.25) is 5.95 Å². The number of pyridine rings is 1. The number of ether oxygens (including phenoxy) is 1. The van der Waals surface area contributed by atoms with E-state index >= 15 is 0 Å². The number of para-hydroxylation sites is 1. The molecule has 6 nitrogen and oxygen atoms in total. The minimum Gasteiger partial charge on any atom is -0.496 e. The zero-order valence-electron chi connectivity index (χ0n) is 14.7. The highest BCUT2D eigenvalue weighted by molar-refractivity contribution is 6.31. The van der Waals surface area contributed by atoms with Crippen LogP contribution in [0, 0.1) is 0 Å². The quantitative estimate of drug-likeness (QED) is 0.524. The van der Waals surface area contributed by atoms with Gasteiger partial charge in [-0.15, -0.1) is 0 Å². The third-order valence-electron chi connectivity index (χ3n) is 4.31. The fourth-order valence-corrected chi connectivity index (χ4v) is 3.12. The van der Waals surface area contributed by atoms with Gasteiger partial charge in [-0.3, -0.25) is 0 Å². The van der Waals surface area contributed by atoms with Crippen LogP contribution in [-0.2, 0) is 13.0 Å². The normalized spacial score (nSPS) is 10.9. The molecule has 0 saturated carbocycles. The molecule has 27 heavy (non-hydrogen) atoms. The van der Waals surface area contributed by atoms with Crippen LogP contribution in [0.5, 0.6) is 5.75 Å². The van der Waals surface area contributed by atoms with Crippen LogP contribution in [-0.4, -0.2) is 27.0 Å². The molecular formula is C20H18ClN5O. The number of methoxy groups -OCH3 is 1. The molecule has 4 aromatic rings. The van der Waals surface area contributed by atoms with Crippen LogP contribution in [0.2, 0.25) is 5.02 Å². The van der Waals surface area contributed by atoms with Gasteiger partial charge in [0.25, 0.3) is 0 Å². The minimum absolute atomic E-state index is 0.577. The van der Waals surface area contributed by atoms with Gasteiger partial charge in [-0.1, -0.05) is 29.8 Å². The number of rotatable bonds is 6. The summed E-state index contributed by atoms with van der Waals surface area (Å²) in [4.78, 5) is 16.3. The molecule has 2 N–H and O–H groups in total. The van der Waals surface area contributed by atoms with E-state index in [0.717, 1.165) is 33.5 Å². The Morgan fingerprint density at radius 2 is 1.89 bits per heavy atom. The zero-order valence-corrected chi connectivity index (χ0v) is 15.5. The Morgan fingerprint density at radius 3 is 2.70 bits per heavy atom. The molecule has 0 radical (unpaired) electrons. The zero-order chi connectivity index (χ0) is 18.6. The van der Waals surface area contributed by atoms with Gasteiger partial charge in [0.1, 0.15) is 11.4 Å². The number of halogens is 1. The highest BCUT2D eigenvalue weighted by atomic mass is 35.5. The van der Waals surface area contributed by atoms with Gasteiger partial charge < -0.3 is 15.0 Å². The van der Waals surface area contributed by atoms with E-state index in [0.29, 0.717) is 23.9 Å². The van der Waals surface area contributed by atoms with Crippen molar-refractivity contribution in [2.24, 2.45) is 0 Å². The summed E-state index contributed by atoms with van der Waals surface area (Å²) in [5.41, 5.74) is 4.00. The lowest BCUT2D eigenvalue weighted by molar-refractivity contribution is 0.410. The highest BCUT2D eigenvalue weighted by Gasteiger charge is 2.08. The van der Waals surface area contributed by atoms with E-state index in [-0.39, 0.29) is 0 Å². The number of H-pyrrole nitrogens is 1. The second-order valence-electron chi connectivity index (χ2n) is 6.12. The van der Waals surface area contributed by atoms with Crippen LogP contribution in [0.25, 0.3) is 11.0 Å². The highest BCUT2D eigenvalue weighted by Crippen LogP contribution is 2.22. The molecule has 0 aliphatic rings. The first-order chi connectivity index (χ1) is 13.2. The molecule has 7 heteroatoms. The number of benzene rings is 1.